The highest BCUT2D eigenvalue weighted by molar-refractivity contribution is 6.01. The van der Waals surface area contributed by atoms with Gasteiger partial charge >= 0.3 is 5.97 Å². The molecule has 0 aliphatic heterocycles. The quantitative estimate of drug-likeness (QED) is 0.808. The third kappa shape index (κ3) is 3.91. The first kappa shape index (κ1) is 15.9. The molecule has 0 unspecified atom stereocenters. The smallest absolute Gasteiger partial charge is 0.323 e. The van der Waals surface area contributed by atoms with Gasteiger partial charge in [-0.1, -0.05) is 13.0 Å². The van der Waals surface area contributed by atoms with E-state index in [0.29, 0.717) is 24.1 Å². The van der Waals surface area contributed by atoms with Crippen molar-refractivity contribution in [1.82, 2.24) is 4.90 Å². The summed E-state index contributed by atoms with van der Waals surface area (Å²) in [6.07, 6.45) is 0.671. The number of nitrogens with zero attached hydrogens (tertiary/aromatic N) is 1. The predicted molar refractivity (Wildman–Crippen MR) is 75.0 cm³/mol. The number of carboxylic acid groups (broad SMARTS) is 1. The van der Waals surface area contributed by atoms with E-state index in [9.17, 15) is 14.4 Å². The normalized spacial score (nSPS) is 10.2. The number of amides is 1. The second-order valence-electron chi connectivity index (χ2n) is 4.71. The summed E-state index contributed by atoms with van der Waals surface area (Å²) in [5, 5.41) is 8.85. The van der Waals surface area contributed by atoms with Gasteiger partial charge in [0.25, 0.3) is 5.91 Å². The number of benzene rings is 1. The van der Waals surface area contributed by atoms with Gasteiger partial charge in [-0.25, -0.2) is 0 Å². The Kier molecular flexibility index (Phi) is 5.43. The number of carbonyl (C=O) groups is 3. The molecule has 1 rings (SSSR count). The molecule has 0 saturated heterocycles. The first-order valence-electron chi connectivity index (χ1n) is 6.49. The Labute approximate surface area is 118 Å². The van der Waals surface area contributed by atoms with Crippen LogP contribution in [0.4, 0.5) is 0 Å². The Morgan fingerprint density at radius 1 is 1.25 bits per heavy atom. The van der Waals surface area contributed by atoms with E-state index in [-0.39, 0.29) is 18.2 Å². The second kappa shape index (κ2) is 6.84. The first-order valence-corrected chi connectivity index (χ1v) is 6.49. The number of carbonyl (C=O) groups excluding carboxylic acids is 2. The number of hydrogen-bond donors (Lipinski definition) is 1. The zero-order chi connectivity index (χ0) is 15.3. The van der Waals surface area contributed by atoms with Crippen molar-refractivity contribution in [3.8, 4) is 0 Å². The molecule has 0 bridgehead atoms. The van der Waals surface area contributed by atoms with Crippen LogP contribution in [0.3, 0.4) is 0 Å². The molecule has 0 saturated carbocycles. The first-order chi connectivity index (χ1) is 9.36. The molecular formula is C15H19NO4. The van der Waals surface area contributed by atoms with Gasteiger partial charge in [-0.3, -0.25) is 14.4 Å². The molecule has 0 atom stereocenters. The van der Waals surface area contributed by atoms with E-state index >= 15 is 0 Å². The fourth-order valence-corrected chi connectivity index (χ4v) is 2.00. The van der Waals surface area contributed by atoms with Crippen molar-refractivity contribution in [2.75, 3.05) is 13.1 Å². The molecule has 5 heteroatoms. The van der Waals surface area contributed by atoms with E-state index in [4.69, 9.17) is 5.11 Å². The van der Waals surface area contributed by atoms with Crippen molar-refractivity contribution in [2.45, 2.75) is 27.2 Å². The summed E-state index contributed by atoms with van der Waals surface area (Å²) >= 11 is 0. The van der Waals surface area contributed by atoms with Crippen LogP contribution in [0.15, 0.2) is 18.2 Å². The van der Waals surface area contributed by atoms with E-state index in [2.05, 4.69) is 0 Å². The summed E-state index contributed by atoms with van der Waals surface area (Å²) in [7, 11) is 0. The lowest BCUT2D eigenvalue weighted by atomic mass is 10.0. The fraction of sp³-hybridized carbons (Fsp3) is 0.400. The highest BCUT2D eigenvalue weighted by Crippen LogP contribution is 2.14. The molecule has 0 radical (unpaired) electrons. The summed E-state index contributed by atoms with van der Waals surface area (Å²) in [5.41, 5.74) is 1.63. The molecule has 5 nitrogen and oxygen atoms in total. The molecule has 1 aromatic carbocycles. The van der Waals surface area contributed by atoms with Gasteiger partial charge in [0.15, 0.2) is 5.78 Å². The Morgan fingerprint density at radius 2 is 1.90 bits per heavy atom. The molecule has 0 aliphatic carbocycles. The van der Waals surface area contributed by atoms with Crippen LogP contribution in [0.2, 0.25) is 0 Å². The van der Waals surface area contributed by atoms with E-state index < -0.39 is 5.97 Å². The summed E-state index contributed by atoms with van der Waals surface area (Å²) in [4.78, 5) is 35.9. The van der Waals surface area contributed by atoms with Crippen molar-refractivity contribution >= 4 is 17.7 Å². The lowest BCUT2D eigenvalue weighted by Crippen LogP contribution is -2.36. The van der Waals surface area contributed by atoms with Crippen LogP contribution < -0.4 is 0 Å². The highest BCUT2D eigenvalue weighted by atomic mass is 16.4. The Bertz CT molecular complexity index is 537. The van der Waals surface area contributed by atoms with Gasteiger partial charge in [0.05, 0.1) is 0 Å². The van der Waals surface area contributed by atoms with Crippen LogP contribution >= 0.6 is 0 Å². The highest BCUT2D eigenvalue weighted by Gasteiger charge is 2.19. The fourth-order valence-electron chi connectivity index (χ4n) is 2.00. The van der Waals surface area contributed by atoms with Gasteiger partial charge in [-0.05, 0) is 38.0 Å². The maximum atomic E-state index is 12.3. The van der Waals surface area contributed by atoms with Gasteiger partial charge in [0.1, 0.15) is 6.54 Å². The van der Waals surface area contributed by atoms with Crippen molar-refractivity contribution < 1.29 is 19.5 Å². The molecule has 0 aliphatic rings. The lowest BCUT2D eigenvalue weighted by molar-refractivity contribution is -0.137. The monoisotopic (exact) mass is 277 g/mol. The number of rotatable bonds is 6. The SMILES string of the molecule is CCCN(CC(=O)O)C(=O)c1ccc(C)c(C(C)=O)c1. The number of Topliss-reactive ketones (excluding diaryl/α,β-unsaturated/α-hetero) is 1. The zero-order valence-corrected chi connectivity index (χ0v) is 12.0. The molecule has 1 amide bonds. The van der Waals surface area contributed by atoms with E-state index in [1.807, 2.05) is 6.92 Å². The molecule has 0 spiro atoms. The number of carboxylic acids is 1. The summed E-state index contributed by atoms with van der Waals surface area (Å²) in [5.74, 6) is -1.53. The minimum atomic E-state index is -1.05. The van der Waals surface area contributed by atoms with E-state index in [1.54, 1.807) is 19.1 Å². The molecule has 0 aromatic heterocycles. The average molecular weight is 277 g/mol. The summed E-state index contributed by atoms with van der Waals surface area (Å²) < 4.78 is 0. The Balaban J connectivity index is 3.08. The maximum Gasteiger partial charge on any atom is 0.323 e. The molecule has 1 N–H and O–H groups in total. The van der Waals surface area contributed by atoms with Crippen molar-refractivity contribution in [3.63, 3.8) is 0 Å². The molecule has 0 heterocycles. The van der Waals surface area contributed by atoms with Crippen molar-refractivity contribution in [1.29, 1.82) is 0 Å². The number of ketones is 1. The van der Waals surface area contributed by atoms with Crippen LogP contribution in [0, 0.1) is 6.92 Å². The molecule has 108 valence electrons. The summed E-state index contributed by atoms with van der Waals surface area (Å²) in [6, 6.07) is 4.86. The lowest BCUT2D eigenvalue weighted by Gasteiger charge is -2.20. The zero-order valence-electron chi connectivity index (χ0n) is 12.0. The molecule has 0 fully saturated rings. The van der Waals surface area contributed by atoms with Gasteiger partial charge in [-0.2, -0.15) is 0 Å². The topological polar surface area (TPSA) is 74.7 Å². The standard InChI is InChI=1S/C15H19NO4/c1-4-7-16(9-14(18)19)15(20)12-6-5-10(2)13(8-12)11(3)17/h5-6,8H,4,7,9H2,1-3H3,(H,18,19). The van der Waals surface area contributed by atoms with Crippen LogP contribution in [0.5, 0.6) is 0 Å². The predicted octanol–water partition coefficient (Wildman–Crippen LogP) is 2.13. The van der Waals surface area contributed by atoms with Crippen LogP contribution in [-0.4, -0.2) is 40.8 Å². The van der Waals surface area contributed by atoms with E-state index in [1.165, 1.54) is 17.9 Å². The van der Waals surface area contributed by atoms with Gasteiger partial charge in [0.2, 0.25) is 0 Å². The maximum absolute atomic E-state index is 12.3. The van der Waals surface area contributed by atoms with Gasteiger partial charge < -0.3 is 10.0 Å². The van der Waals surface area contributed by atoms with Crippen LogP contribution in [0.25, 0.3) is 0 Å². The third-order valence-electron chi connectivity index (χ3n) is 2.97. The number of hydrogen-bond acceptors (Lipinski definition) is 3. The van der Waals surface area contributed by atoms with Crippen LogP contribution in [0.1, 0.15) is 46.5 Å². The third-order valence-corrected chi connectivity index (χ3v) is 2.97. The largest absolute Gasteiger partial charge is 0.480 e. The van der Waals surface area contributed by atoms with Gasteiger partial charge in [0, 0.05) is 17.7 Å². The number of aliphatic carboxylic acids is 1. The van der Waals surface area contributed by atoms with Crippen molar-refractivity contribution in [2.24, 2.45) is 0 Å². The molecular weight excluding hydrogens is 258 g/mol. The number of aryl methyl sites for hydroxylation is 1. The molecule has 20 heavy (non-hydrogen) atoms. The second-order valence-corrected chi connectivity index (χ2v) is 4.71. The minimum Gasteiger partial charge on any atom is -0.480 e. The average Bonchev–Trinajstić information content (AvgIpc) is 2.37. The summed E-state index contributed by atoms with van der Waals surface area (Å²) in [6.45, 7) is 5.15. The van der Waals surface area contributed by atoms with Crippen LogP contribution in [-0.2, 0) is 4.79 Å². The van der Waals surface area contributed by atoms with E-state index in [0.717, 1.165) is 5.56 Å². The molecule has 1 aromatic rings. The minimum absolute atomic E-state index is 0.113. The van der Waals surface area contributed by atoms with Crippen molar-refractivity contribution in [3.05, 3.63) is 34.9 Å². The van der Waals surface area contributed by atoms with Gasteiger partial charge in [-0.15, -0.1) is 0 Å². The Hall–Kier alpha value is -2.17. The Morgan fingerprint density at radius 3 is 2.40 bits per heavy atom.